The van der Waals surface area contributed by atoms with E-state index in [0.29, 0.717) is 36.2 Å². The van der Waals surface area contributed by atoms with E-state index in [1.807, 2.05) is 20.8 Å². The molecule has 0 aliphatic carbocycles. The van der Waals surface area contributed by atoms with Crippen LogP contribution in [0.25, 0.3) is 0 Å². The van der Waals surface area contributed by atoms with E-state index in [0.717, 1.165) is 0 Å². The fourth-order valence-electron chi connectivity index (χ4n) is 2.35. The van der Waals surface area contributed by atoms with Crippen LogP contribution in [0, 0.1) is 0 Å². The first-order valence-corrected chi connectivity index (χ1v) is 24.5. The van der Waals surface area contributed by atoms with Gasteiger partial charge < -0.3 is 0 Å². The molecular formula is C22H47O12PbSb. The number of esters is 1. The summed E-state index contributed by atoms with van der Waals surface area (Å²) in [7, 11) is 5.99. The van der Waals surface area contributed by atoms with Crippen LogP contribution < -0.4 is 0 Å². The molecule has 0 heterocycles. The molecule has 0 spiro atoms. The van der Waals surface area contributed by atoms with Gasteiger partial charge in [-0.2, -0.15) is 0 Å². The Morgan fingerprint density at radius 3 is 1.47 bits per heavy atom. The number of carbonyl (C=O) groups excluding carboxylic acids is 1. The number of rotatable bonds is 22. The zero-order valence-corrected chi connectivity index (χ0v) is 29.6. The van der Waals surface area contributed by atoms with E-state index >= 15 is 0 Å². The van der Waals surface area contributed by atoms with E-state index in [2.05, 4.69) is 13.2 Å². The Balaban J connectivity index is 0. The van der Waals surface area contributed by atoms with Crippen LogP contribution in [0.1, 0.15) is 34.1 Å². The summed E-state index contributed by atoms with van der Waals surface area (Å²) in [5.41, 5.74) is 0.371. The molecule has 0 radical (unpaired) electrons. The summed E-state index contributed by atoms with van der Waals surface area (Å²) in [6.45, 7) is 16.8. The van der Waals surface area contributed by atoms with E-state index in [-0.39, 0.29) is 27.0 Å². The van der Waals surface area contributed by atoms with Crippen molar-refractivity contribution in [2.24, 2.45) is 0 Å². The third-order valence-electron chi connectivity index (χ3n) is 4.55. The Bertz CT molecular complexity index is 554. The van der Waals surface area contributed by atoms with Gasteiger partial charge in [0.25, 0.3) is 0 Å². The fourth-order valence-corrected chi connectivity index (χ4v) is 14.1. The normalized spacial score (nSPS) is 12.7. The van der Waals surface area contributed by atoms with Gasteiger partial charge in [-0.25, -0.2) is 0 Å². The van der Waals surface area contributed by atoms with Gasteiger partial charge >= 0.3 is 228 Å². The minimum atomic E-state index is -4.38. The first-order valence-electron chi connectivity index (χ1n) is 11.5. The zero-order chi connectivity index (χ0) is 28.0. The molecule has 0 rings (SSSR count). The first-order chi connectivity index (χ1) is 17.1. The van der Waals surface area contributed by atoms with Gasteiger partial charge in [0.2, 0.25) is 0 Å². The molecule has 0 fully saturated rings. The molecule has 0 unspecified atom stereocenters. The van der Waals surface area contributed by atoms with Gasteiger partial charge in [0.15, 0.2) is 0 Å². The molecule has 0 aliphatic rings. The molecule has 0 aromatic carbocycles. The first kappa shape index (κ1) is 38.4. The summed E-state index contributed by atoms with van der Waals surface area (Å²) in [5.74, 6) is -0.409. The summed E-state index contributed by atoms with van der Waals surface area (Å²) >= 11 is -8.32. The summed E-state index contributed by atoms with van der Waals surface area (Å²) in [4.78, 5) is 11.2. The third-order valence-corrected chi connectivity index (χ3v) is 23.6. The molecule has 14 heteroatoms. The maximum absolute atomic E-state index is 11.2. The molecule has 0 bridgehead atoms. The Morgan fingerprint density at radius 2 is 1.19 bits per heavy atom. The van der Waals surface area contributed by atoms with Crippen LogP contribution in [0.5, 0.6) is 0 Å². The van der Waals surface area contributed by atoms with E-state index in [4.69, 9.17) is 39.1 Å². The quantitative estimate of drug-likeness (QED) is 0.0525. The van der Waals surface area contributed by atoms with E-state index in [1.54, 1.807) is 10.6 Å². The molecule has 12 nitrogen and oxygen atoms in total. The topological polar surface area (TPSA) is 119 Å². The van der Waals surface area contributed by atoms with Crippen molar-refractivity contribution in [3.05, 3.63) is 22.4 Å². The van der Waals surface area contributed by atoms with Crippen LogP contribution in [-0.2, 0) is 43.9 Å². The van der Waals surface area contributed by atoms with Crippen LogP contribution in [-0.4, -0.2) is 123 Å². The van der Waals surface area contributed by atoms with E-state index in [1.165, 1.54) is 28.4 Å². The predicted molar refractivity (Wildman–Crippen MR) is 138 cm³/mol. The van der Waals surface area contributed by atoms with Crippen molar-refractivity contribution in [2.45, 2.75) is 38.5 Å². The van der Waals surface area contributed by atoms with Crippen LogP contribution in [0.3, 0.4) is 0 Å². The molecule has 0 saturated heterocycles. The number of ether oxygens (including phenoxy) is 4. The van der Waals surface area contributed by atoms with Gasteiger partial charge in [-0.15, -0.1) is 0 Å². The van der Waals surface area contributed by atoms with Crippen LogP contribution in [0.4, 0.5) is 0 Å². The van der Waals surface area contributed by atoms with Gasteiger partial charge in [-0.3, -0.25) is 0 Å². The molecule has 0 aliphatic heterocycles. The predicted octanol–water partition coefficient (Wildman–Crippen LogP) is 3.15. The molecule has 36 heavy (non-hydrogen) atoms. The Labute approximate surface area is 226 Å². The number of carbonyl (C=O) groups is 1. The molecule has 0 saturated carbocycles. The third kappa shape index (κ3) is 15.0. The van der Waals surface area contributed by atoms with Crippen molar-refractivity contribution in [1.29, 1.82) is 0 Å². The standard InChI is InChI=1S/C7H11O2.3C3H7O2.C2H3.4CH3O.Pb.Sb/c1-4-5-9-7(8)6(2)3;3*1-2-5-3-4;5*1-2;;/h1-2,4-5H2,3H3;3*2-3H2,1H3;1H,2H2;4*1H3;;/q;3*-1;;4*-1;+3;+4. The molecule has 0 N–H and O–H groups in total. The molecule has 216 valence electrons. The Morgan fingerprint density at radius 1 is 0.806 bits per heavy atom. The van der Waals surface area contributed by atoms with Gasteiger partial charge in [-0.05, 0) is 0 Å². The van der Waals surface area contributed by atoms with Gasteiger partial charge in [0.05, 0.1) is 0 Å². The van der Waals surface area contributed by atoms with Crippen molar-refractivity contribution in [1.82, 2.24) is 0 Å². The van der Waals surface area contributed by atoms with E-state index in [9.17, 15) is 4.79 Å². The fraction of sp³-hybridized carbons (Fsp3) is 0.773. The maximum atomic E-state index is 11.2. The minimum absolute atomic E-state index is 0.127. The van der Waals surface area contributed by atoms with Crippen molar-refractivity contribution < 1.29 is 43.9 Å². The zero-order valence-electron chi connectivity index (χ0n) is 23.2. The molecule has 0 atom stereocenters. The van der Waals surface area contributed by atoms with Crippen molar-refractivity contribution in [2.75, 3.05) is 75.2 Å². The molecule has 0 aromatic heterocycles. The van der Waals surface area contributed by atoms with Crippen LogP contribution >= 0.6 is 0 Å². The average molecular weight is 833 g/mol. The monoisotopic (exact) mass is 832 g/mol. The average Bonchev–Trinajstić information content (AvgIpc) is 2.90. The number of hydrogen-bond donors (Lipinski definition) is 0. The number of hydrogen-bond acceptors (Lipinski definition) is 12. The van der Waals surface area contributed by atoms with Gasteiger partial charge in [0, 0.05) is 0 Å². The van der Waals surface area contributed by atoms with Crippen molar-refractivity contribution in [3.8, 4) is 0 Å². The summed E-state index contributed by atoms with van der Waals surface area (Å²) in [6.07, 6.45) is 0.532. The van der Waals surface area contributed by atoms with Gasteiger partial charge in [0.1, 0.15) is 0 Å². The second-order valence-corrected chi connectivity index (χ2v) is 27.4. The second-order valence-electron chi connectivity index (χ2n) is 6.76. The second kappa shape index (κ2) is 22.1. The van der Waals surface area contributed by atoms with Crippen LogP contribution in [0.2, 0.25) is 4.37 Å². The molecule has 0 amide bonds. The Kier molecular flexibility index (Phi) is 23.6. The van der Waals surface area contributed by atoms with Crippen LogP contribution in [0.15, 0.2) is 22.4 Å². The van der Waals surface area contributed by atoms with Crippen molar-refractivity contribution in [3.63, 3.8) is 0 Å². The van der Waals surface area contributed by atoms with Crippen molar-refractivity contribution >= 4 is 47.6 Å². The summed E-state index contributed by atoms with van der Waals surface area (Å²) in [5, 5.41) is 0. The SMILES string of the molecule is C=C(C)C(=O)OCC[CH2][Sb]([O]C)([O]C)([O]C)[O]C.C=[CH][Pb]([O]COCC)([O]COCC)[O]COCC. The molecular weight excluding hydrogens is 785 g/mol. The van der Waals surface area contributed by atoms with Gasteiger partial charge in [-0.1, -0.05) is 0 Å². The summed E-state index contributed by atoms with van der Waals surface area (Å²) in [6, 6.07) is 0. The Hall–Kier alpha value is 0.290. The van der Waals surface area contributed by atoms with E-state index < -0.39 is 47.6 Å². The summed E-state index contributed by atoms with van der Waals surface area (Å²) < 4.78 is 60.9. The molecule has 0 aromatic rings.